The lowest BCUT2D eigenvalue weighted by atomic mass is 10.1. The van der Waals surface area contributed by atoms with E-state index in [1.807, 2.05) is 24.3 Å². The van der Waals surface area contributed by atoms with Gasteiger partial charge in [0.1, 0.15) is 17.0 Å². The van der Waals surface area contributed by atoms with Gasteiger partial charge in [0.2, 0.25) is 0 Å². The second-order valence-corrected chi connectivity index (χ2v) is 6.13. The monoisotopic (exact) mass is 294 g/mol. The summed E-state index contributed by atoms with van der Waals surface area (Å²) < 4.78 is 0. The smallest absolute Gasteiger partial charge is 0.138 e. The van der Waals surface area contributed by atoms with E-state index < -0.39 is 0 Å². The number of rotatable bonds is 3. The van der Waals surface area contributed by atoms with Crippen molar-refractivity contribution in [2.45, 2.75) is 19.9 Å². The van der Waals surface area contributed by atoms with E-state index in [1.54, 1.807) is 17.7 Å². The first-order valence-electron chi connectivity index (χ1n) is 6.65. The van der Waals surface area contributed by atoms with Gasteiger partial charge >= 0.3 is 0 Å². The molecule has 1 N–H and O–H groups in total. The Hall–Kier alpha value is -2.45. The number of aryl methyl sites for hydroxylation is 1. The summed E-state index contributed by atoms with van der Waals surface area (Å²) in [6.07, 6.45) is 1.59. The highest BCUT2D eigenvalue weighted by Crippen LogP contribution is 2.29. The van der Waals surface area contributed by atoms with Crippen molar-refractivity contribution < 1.29 is 0 Å². The molecular formula is C16H14N4S. The minimum atomic E-state index is 0.107. The Bertz CT molecular complexity index is 814. The number of benzene rings is 1. The fraction of sp³-hybridized carbons (Fsp3) is 0.188. The molecular weight excluding hydrogens is 280 g/mol. The highest BCUT2D eigenvalue weighted by atomic mass is 32.1. The van der Waals surface area contributed by atoms with Crippen LogP contribution in [0.4, 0.5) is 5.82 Å². The van der Waals surface area contributed by atoms with Gasteiger partial charge in [-0.05, 0) is 37.6 Å². The number of anilines is 1. The molecule has 0 saturated heterocycles. The van der Waals surface area contributed by atoms with Crippen molar-refractivity contribution in [3.63, 3.8) is 0 Å². The van der Waals surface area contributed by atoms with Gasteiger partial charge in [-0.2, -0.15) is 5.26 Å². The second-order valence-electron chi connectivity index (χ2n) is 4.90. The van der Waals surface area contributed by atoms with E-state index in [0.717, 1.165) is 21.6 Å². The van der Waals surface area contributed by atoms with Crippen LogP contribution in [0.2, 0.25) is 0 Å². The SMILES string of the molecule is Cc1cc2c(NC(C)c3ccc(C#N)cc3)ncnc2s1. The minimum absolute atomic E-state index is 0.107. The third-order valence-electron chi connectivity index (χ3n) is 3.35. The molecule has 0 fully saturated rings. The van der Waals surface area contributed by atoms with Crippen molar-refractivity contribution in [2.24, 2.45) is 0 Å². The predicted octanol–water partition coefficient (Wildman–Crippen LogP) is 4.04. The molecule has 0 aliphatic heterocycles. The fourth-order valence-electron chi connectivity index (χ4n) is 2.23. The topological polar surface area (TPSA) is 61.6 Å². The van der Waals surface area contributed by atoms with Crippen LogP contribution in [0, 0.1) is 18.3 Å². The summed E-state index contributed by atoms with van der Waals surface area (Å²) in [5.74, 6) is 0.848. The molecule has 4 nitrogen and oxygen atoms in total. The number of nitrogens with one attached hydrogen (secondary N) is 1. The molecule has 1 aromatic carbocycles. The number of fused-ring (bicyclic) bond motifs is 1. The van der Waals surface area contributed by atoms with Crippen molar-refractivity contribution in [2.75, 3.05) is 5.32 Å². The van der Waals surface area contributed by atoms with Gasteiger partial charge in [0.25, 0.3) is 0 Å². The zero-order valence-electron chi connectivity index (χ0n) is 11.8. The Morgan fingerprint density at radius 1 is 1.24 bits per heavy atom. The van der Waals surface area contributed by atoms with Gasteiger partial charge in [-0.15, -0.1) is 11.3 Å². The van der Waals surface area contributed by atoms with E-state index in [-0.39, 0.29) is 6.04 Å². The molecule has 1 unspecified atom stereocenters. The number of hydrogen-bond acceptors (Lipinski definition) is 5. The van der Waals surface area contributed by atoms with Crippen LogP contribution in [-0.4, -0.2) is 9.97 Å². The van der Waals surface area contributed by atoms with E-state index >= 15 is 0 Å². The summed E-state index contributed by atoms with van der Waals surface area (Å²) in [4.78, 5) is 10.9. The van der Waals surface area contributed by atoms with Crippen LogP contribution in [0.3, 0.4) is 0 Å². The second kappa shape index (κ2) is 5.51. The van der Waals surface area contributed by atoms with E-state index in [2.05, 4.69) is 41.3 Å². The van der Waals surface area contributed by atoms with E-state index in [4.69, 9.17) is 5.26 Å². The Kier molecular flexibility index (Phi) is 3.55. The van der Waals surface area contributed by atoms with Crippen LogP contribution < -0.4 is 5.32 Å². The maximum atomic E-state index is 8.84. The molecule has 1 atom stereocenters. The molecule has 104 valence electrons. The molecule has 0 bridgehead atoms. The highest BCUT2D eigenvalue weighted by Gasteiger charge is 2.11. The lowest BCUT2D eigenvalue weighted by Gasteiger charge is -2.15. The van der Waals surface area contributed by atoms with Gasteiger partial charge in [0.15, 0.2) is 0 Å². The largest absolute Gasteiger partial charge is 0.363 e. The first kappa shape index (κ1) is 13.5. The number of nitrogens with zero attached hydrogens (tertiary/aromatic N) is 3. The van der Waals surface area contributed by atoms with Gasteiger partial charge in [-0.1, -0.05) is 12.1 Å². The standard InChI is InChI=1S/C16H14N4S/c1-10-7-14-15(18-9-19-16(14)21-10)20-11(2)13-5-3-12(8-17)4-6-13/h3-7,9,11H,1-2H3,(H,18,19,20). The molecule has 3 rings (SSSR count). The Morgan fingerprint density at radius 3 is 2.71 bits per heavy atom. The molecule has 0 radical (unpaired) electrons. The van der Waals surface area contributed by atoms with Gasteiger partial charge in [-0.25, -0.2) is 9.97 Å². The number of aromatic nitrogens is 2. The van der Waals surface area contributed by atoms with Gasteiger partial charge < -0.3 is 5.32 Å². The first-order chi connectivity index (χ1) is 10.2. The van der Waals surface area contributed by atoms with E-state index in [9.17, 15) is 0 Å². The maximum absolute atomic E-state index is 8.84. The average Bonchev–Trinajstić information content (AvgIpc) is 2.88. The van der Waals surface area contributed by atoms with Crippen LogP contribution in [-0.2, 0) is 0 Å². The van der Waals surface area contributed by atoms with Gasteiger partial charge in [-0.3, -0.25) is 0 Å². The number of nitriles is 1. The molecule has 2 heterocycles. The Balaban J connectivity index is 1.88. The lowest BCUT2D eigenvalue weighted by Crippen LogP contribution is -2.08. The summed E-state index contributed by atoms with van der Waals surface area (Å²) in [5.41, 5.74) is 1.79. The van der Waals surface area contributed by atoms with Crippen molar-refractivity contribution in [1.82, 2.24) is 9.97 Å². The first-order valence-corrected chi connectivity index (χ1v) is 7.47. The Labute approximate surface area is 127 Å². The third-order valence-corrected chi connectivity index (χ3v) is 4.30. The van der Waals surface area contributed by atoms with Crippen LogP contribution in [0.1, 0.15) is 29.0 Å². The fourth-order valence-corrected chi connectivity index (χ4v) is 3.07. The van der Waals surface area contributed by atoms with Gasteiger partial charge in [0.05, 0.1) is 17.0 Å². The molecule has 0 aliphatic rings. The Morgan fingerprint density at radius 2 is 2.00 bits per heavy atom. The predicted molar refractivity (Wildman–Crippen MR) is 85.3 cm³/mol. The summed E-state index contributed by atoms with van der Waals surface area (Å²) in [7, 11) is 0. The number of thiophene rings is 1. The zero-order valence-corrected chi connectivity index (χ0v) is 12.6. The average molecular weight is 294 g/mol. The van der Waals surface area contributed by atoms with Crippen molar-refractivity contribution in [3.8, 4) is 6.07 Å². The van der Waals surface area contributed by atoms with E-state index in [1.165, 1.54) is 4.88 Å². The summed E-state index contributed by atoms with van der Waals surface area (Å²) in [6.45, 7) is 4.15. The maximum Gasteiger partial charge on any atom is 0.138 e. The molecule has 2 aromatic heterocycles. The molecule has 0 saturated carbocycles. The molecule has 5 heteroatoms. The summed E-state index contributed by atoms with van der Waals surface area (Å²) >= 11 is 1.67. The molecule has 0 aliphatic carbocycles. The van der Waals surface area contributed by atoms with Crippen LogP contribution in [0.25, 0.3) is 10.2 Å². The zero-order chi connectivity index (χ0) is 14.8. The molecule has 0 amide bonds. The van der Waals surface area contributed by atoms with Crippen molar-refractivity contribution in [1.29, 1.82) is 5.26 Å². The molecule has 0 spiro atoms. The molecule has 3 aromatic rings. The van der Waals surface area contributed by atoms with Crippen molar-refractivity contribution in [3.05, 3.63) is 52.7 Å². The normalized spacial score (nSPS) is 12.0. The van der Waals surface area contributed by atoms with Crippen LogP contribution in [0.15, 0.2) is 36.7 Å². The lowest BCUT2D eigenvalue weighted by molar-refractivity contribution is 0.876. The van der Waals surface area contributed by atoms with Crippen molar-refractivity contribution >= 4 is 27.4 Å². The quantitative estimate of drug-likeness (QED) is 0.791. The van der Waals surface area contributed by atoms with Gasteiger partial charge in [0, 0.05) is 10.9 Å². The highest BCUT2D eigenvalue weighted by molar-refractivity contribution is 7.18. The minimum Gasteiger partial charge on any atom is -0.363 e. The number of hydrogen-bond donors (Lipinski definition) is 1. The summed E-state index contributed by atoms with van der Waals surface area (Å²) in [5, 5.41) is 13.3. The van der Waals surface area contributed by atoms with E-state index in [0.29, 0.717) is 5.56 Å². The molecule has 21 heavy (non-hydrogen) atoms. The van der Waals surface area contributed by atoms with Crippen LogP contribution in [0.5, 0.6) is 0 Å². The van der Waals surface area contributed by atoms with Crippen LogP contribution >= 0.6 is 11.3 Å². The summed E-state index contributed by atoms with van der Waals surface area (Å²) in [6, 6.07) is 11.9. The third kappa shape index (κ3) is 2.71.